The lowest BCUT2D eigenvalue weighted by Gasteiger charge is -2.49. The van der Waals surface area contributed by atoms with Gasteiger partial charge in [-0.25, -0.2) is 4.98 Å². The van der Waals surface area contributed by atoms with E-state index < -0.39 is 23.6 Å². The van der Waals surface area contributed by atoms with E-state index in [0.717, 1.165) is 56.7 Å². The van der Waals surface area contributed by atoms with Gasteiger partial charge in [0.25, 0.3) is 5.91 Å². The molecule has 1 aromatic heterocycles. The fourth-order valence-electron chi connectivity index (χ4n) is 4.13. The molecule has 168 valence electrons. The Balaban J connectivity index is 1.67. The van der Waals surface area contributed by atoms with Crippen LogP contribution in [0.1, 0.15) is 31.9 Å². The first kappa shape index (κ1) is 23.2. The number of hydrogen-bond acceptors (Lipinski definition) is 4. The molecule has 1 amide bonds. The third kappa shape index (κ3) is 5.43. The van der Waals surface area contributed by atoms with Crippen molar-refractivity contribution in [1.82, 2.24) is 9.88 Å². The van der Waals surface area contributed by atoms with Crippen LogP contribution >= 0.6 is 0 Å². The van der Waals surface area contributed by atoms with Crippen LogP contribution in [0.25, 0.3) is 0 Å². The number of piperidine rings is 1. The van der Waals surface area contributed by atoms with E-state index >= 15 is 0 Å². The number of alkyl halides is 3. The maximum absolute atomic E-state index is 12.8. The fourth-order valence-corrected chi connectivity index (χ4v) is 4.13. The Labute approximate surface area is 180 Å². The molecule has 0 aromatic carbocycles. The van der Waals surface area contributed by atoms with Crippen molar-refractivity contribution in [2.24, 2.45) is 0 Å². The summed E-state index contributed by atoms with van der Waals surface area (Å²) in [4.78, 5) is 20.1. The predicted octanol–water partition coefficient (Wildman–Crippen LogP) is 4.38. The number of carbonyl (C=O) groups excluding carboxylic acids is 1. The van der Waals surface area contributed by atoms with Crippen molar-refractivity contribution in [2.75, 3.05) is 31.1 Å². The van der Waals surface area contributed by atoms with Crippen LogP contribution in [0.2, 0.25) is 0 Å². The molecule has 1 spiro atoms. The second-order valence-electron chi connectivity index (χ2n) is 8.04. The van der Waals surface area contributed by atoms with Gasteiger partial charge in [0, 0.05) is 19.6 Å². The molecular weight excluding hydrogens is 407 g/mol. The van der Waals surface area contributed by atoms with Gasteiger partial charge < -0.3 is 14.5 Å². The summed E-state index contributed by atoms with van der Waals surface area (Å²) in [5.41, 5.74) is 0.00653. The monoisotopic (exact) mass is 435 g/mol. The minimum Gasteiger partial charge on any atom is -0.360 e. The summed E-state index contributed by atoms with van der Waals surface area (Å²) in [7, 11) is 0. The van der Waals surface area contributed by atoms with E-state index in [9.17, 15) is 18.0 Å². The Hall–Kier alpha value is -2.45. The second-order valence-corrected chi connectivity index (χ2v) is 8.04. The van der Waals surface area contributed by atoms with E-state index in [0.29, 0.717) is 12.2 Å². The first-order chi connectivity index (χ1) is 14.7. The third-order valence-corrected chi connectivity index (χ3v) is 5.91. The van der Waals surface area contributed by atoms with Gasteiger partial charge in [-0.3, -0.25) is 4.79 Å². The highest BCUT2D eigenvalue weighted by Crippen LogP contribution is 2.36. The zero-order valence-corrected chi connectivity index (χ0v) is 17.7. The maximum Gasteiger partial charge on any atom is 0.433 e. The van der Waals surface area contributed by atoms with E-state index in [2.05, 4.69) is 23.0 Å². The summed E-state index contributed by atoms with van der Waals surface area (Å²) in [5, 5.41) is 0. The van der Waals surface area contributed by atoms with Gasteiger partial charge in [-0.2, -0.15) is 13.2 Å². The van der Waals surface area contributed by atoms with E-state index in [-0.39, 0.29) is 5.91 Å². The van der Waals surface area contributed by atoms with Crippen LogP contribution in [0.3, 0.4) is 0 Å². The van der Waals surface area contributed by atoms with Crippen molar-refractivity contribution < 1.29 is 22.7 Å². The van der Waals surface area contributed by atoms with E-state index in [1.807, 2.05) is 12.2 Å². The molecule has 1 unspecified atom stereocenters. The molecule has 2 aliphatic heterocycles. The van der Waals surface area contributed by atoms with Crippen molar-refractivity contribution in [2.45, 2.75) is 44.1 Å². The van der Waals surface area contributed by atoms with Gasteiger partial charge in [-0.1, -0.05) is 31.4 Å². The number of aromatic nitrogens is 1. The van der Waals surface area contributed by atoms with Gasteiger partial charge in [-0.15, -0.1) is 0 Å². The average Bonchev–Trinajstić information content (AvgIpc) is 2.74. The number of anilines is 1. The summed E-state index contributed by atoms with van der Waals surface area (Å²) in [6.45, 7) is 12.1. The molecule has 8 heteroatoms. The molecule has 0 aliphatic carbocycles. The molecule has 0 radical (unpaired) electrons. The van der Waals surface area contributed by atoms with E-state index in [4.69, 9.17) is 4.74 Å². The molecule has 3 rings (SSSR count). The molecule has 1 atom stereocenters. The lowest BCUT2D eigenvalue weighted by molar-refractivity contribution is -0.161. The number of morpholine rings is 1. The van der Waals surface area contributed by atoms with Gasteiger partial charge >= 0.3 is 6.18 Å². The fraction of sp³-hybridized carbons (Fsp3) is 0.478. The summed E-state index contributed by atoms with van der Waals surface area (Å²) >= 11 is 0. The average molecular weight is 435 g/mol. The van der Waals surface area contributed by atoms with Crippen molar-refractivity contribution in [1.29, 1.82) is 0 Å². The SMILES string of the molecule is C=C/C=C(\C=C)CCN1CCC2(CC1)CN(c1ccc(C(F)(F)F)nc1)C(=O)C(C)O2. The lowest BCUT2D eigenvalue weighted by atomic mass is 9.88. The first-order valence-corrected chi connectivity index (χ1v) is 10.4. The van der Waals surface area contributed by atoms with Crippen molar-refractivity contribution >= 4 is 11.6 Å². The largest absolute Gasteiger partial charge is 0.433 e. The van der Waals surface area contributed by atoms with Gasteiger partial charge in [-0.05, 0) is 43.9 Å². The van der Waals surface area contributed by atoms with Crippen LogP contribution in [-0.4, -0.2) is 53.7 Å². The molecule has 5 nitrogen and oxygen atoms in total. The zero-order valence-electron chi connectivity index (χ0n) is 17.7. The van der Waals surface area contributed by atoms with Crippen molar-refractivity contribution in [3.05, 3.63) is 61.0 Å². The molecule has 0 N–H and O–H groups in total. The molecule has 2 fully saturated rings. The number of ether oxygens (including phenoxy) is 1. The summed E-state index contributed by atoms with van der Waals surface area (Å²) in [6, 6.07) is 2.21. The Bertz CT molecular complexity index is 841. The number of rotatable bonds is 6. The molecule has 31 heavy (non-hydrogen) atoms. The molecule has 0 bridgehead atoms. The Morgan fingerprint density at radius 3 is 2.58 bits per heavy atom. The van der Waals surface area contributed by atoms with Gasteiger partial charge in [0.2, 0.25) is 0 Å². The first-order valence-electron chi connectivity index (χ1n) is 10.4. The number of likely N-dealkylation sites (tertiary alicyclic amines) is 1. The number of amides is 1. The Morgan fingerprint density at radius 1 is 1.32 bits per heavy atom. The molecule has 2 saturated heterocycles. The second kappa shape index (κ2) is 9.36. The third-order valence-electron chi connectivity index (χ3n) is 5.91. The molecule has 1 aromatic rings. The van der Waals surface area contributed by atoms with Crippen LogP contribution < -0.4 is 4.90 Å². The molecule has 2 aliphatic rings. The molecule has 0 saturated carbocycles. The van der Waals surface area contributed by atoms with Gasteiger partial charge in [0.05, 0.1) is 24.0 Å². The summed E-state index contributed by atoms with van der Waals surface area (Å²) < 4.78 is 44.6. The van der Waals surface area contributed by atoms with Crippen LogP contribution in [0.4, 0.5) is 18.9 Å². The molecular formula is C23H28F3N3O2. The number of hydrogen-bond donors (Lipinski definition) is 0. The Morgan fingerprint density at radius 2 is 2.03 bits per heavy atom. The van der Waals surface area contributed by atoms with Crippen LogP contribution in [0, 0.1) is 0 Å². The maximum atomic E-state index is 12.8. The van der Waals surface area contributed by atoms with Gasteiger partial charge in [0.15, 0.2) is 0 Å². The standard InChI is InChI=1S/C23H28F3N3O2/c1-4-6-18(5-2)9-12-28-13-10-22(11-14-28)16-29(21(30)17(3)31-22)19-7-8-20(27-15-19)23(24,25)26/h4-8,15,17H,1-2,9-14,16H2,3H3/b18-6+. The number of allylic oxidation sites excluding steroid dienone is 3. The molecule has 3 heterocycles. The number of nitrogens with zero attached hydrogens (tertiary/aromatic N) is 3. The summed E-state index contributed by atoms with van der Waals surface area (Å²) in [5.74, 6) is -0.264. The zero-order chi connectivity index (χ0) is 22.6. The highest BCUT2D eigenvalue weighted by molar-refractivity contribution is 5.97. The van der Waals surface area contributed by atoms with Crippen molar-refractivity contribution in [3.63, 3.8) is 0 Å². The van der Waals surface area contributed by atoms with Crippen molar-refractivity contribution in [3.8, 4) is 0 Å². The highest BCUT2D eigenvalue weighted by atomic mass is 19.4. The lowest BCUT2D eigenvalue weighted by Crippen LogP contribution is -2.61. The Kier molecular flexibility index (Phi) is 7.01. The van der Waals surface area contributed by atoms with Crippen LogP contribution in [-0.2, 0) is 15.7 Å². The highest BCUT2D eigenvalue weighted by Gasteiger charge is 2.46. The summed E-state index contributed by atoms with van der Waals surface area (Å²) in [6.07, 6.45) is 3.83. The van der Waals surface area contributed by atoms with Crippen LogP contribution in [0.15, 0.2) is 55.3 Å². The quantitative estimate of drug-likeness (QED) is 0.623. The number of pyridine rings is 1. The minimum absolute atomic E-state index is 0.264. The van der Waals surface area contributed by atoms with E-state index in [1.54, 1.807) is 13.0 Å². The topological polar surface area (TPSA) is 45.7 Å². The van der Waals surface area contributed by atoms with E-state index in [1.165, 1.54) is 11.0 Å². The normalized spacial score (nSPS) is 22.6. The van der Waals surface area contributed by atoms with Gasteiger partial charge in [0.1, 0.15) is 11.8 Å². The number of carbonyl (C=O) groups is 1. The van der Waals surface area contributed by atoms with Crippen LogP contribution in [0.5, 0.6) is 0 Å². The minimum atomic E-state index is -4.51. The smallest absolute Gasteiger partial charge is 0.360 e. The predicted molar refractivity (Wildman–Crippen MR) is 114 cm³/mol. The number of halogens is 3.